The molecule has 0 radical (unpaired) electrons. The fourth-order valence-electron chi connectivity index (χ4n) is 1.51. The number of aryl methyl sites for hydroxylation is 1. The van der Waals surface area contributed by atoms with Gasteiger partial charge in [0.15, 0.2) is 0 Å². The Balaban J connectivity index is 2.96. The third-order valence-electron chi connectivity index (χ3n) is 2.17. The molecule has 0 unspecified atom stereocenters. The summed E-state index contributed by atoms with van der Waals surface area (Å²) in [5, 5.41) is 1.13. The van der Waals surface area contributed by atoms with E-state index in [1.165, 1.54) is 0 Å². The minimum atomic E-state index is -0.145. The van der Waals surface area contributed by atoms with Crippen molar-refractivity contribution >= 4 is 22.5 Å². The van der Waals surface area contributed by atoms with Crippen molar-refractivity contribution in [3.63, 3.8) is 0 Å². The maximum absolute atomic E-state index is 11.6. The lowest BCUT2D eigenvalue weighted by molar-refractivity contribution is 0.759. The van der Waals surface area contributed by atoms with E-state index in [4.69, 9.17) is 11.6 Å². The highest BCUT2D eigenvalue weighted by molar-refractivity contribution is 6.31. The van der Waals surface area contributed by atoms with Crippen LogP contribution in [-0.2, 0) is 6.54 Å². The smallest absolute Gasteiger partial charge is 0.269 e. The van der Waals surface area contributed by atoms with Crippen LogP contribution in [-0.4, -0.2) is 9.55 Å². The first kappa shape index (κ1) is 9.21. The van der Waals surface area contributed by atoms with Crippen LogP contribution in [0.25, 0.3) is 10.9 Å². The Bertz CT molecular complexity index is 533. The van der Waals surface area contributed by atoms with Gasteiger partial charge in [0.05, 0.1) is 5.52 Å². The average Bonchev–Trinajstić information content (AvgIpc) is 2.20. The van der Waals surface area contributed by atoms with Gasteiger partial charge in [-0.15, -0.1) is 0 Å². The molecule has 14 heavy (non-hydrogen) atoms. The van der Waals surface area contributed by atoms with Crippen molar-refractivity contribution < 1.29 is 0 Å². The minimum Gasteiger partial charge on any atom is -0.307 e. The first-order valence-electron chi connectivity index (χ1n) is 4.37. The molecule has 72 valence electrons. The van der Waals surface area contributed by atoms with Gasteiger partial charge >= 0.3 is 0 Å². The highest BCUT2D eigenvalue weighted by atomic mass is 35.5. The molecule has 0 aromatic carbocycles. The summed E-state index contributed by atoms with van der Waals surface area (Å²) in [6, 6.07) is 3.47. The van der Waals surface area contributed by atoms with Crippen molar-refractivity contribution in [2.24, 2.45) is 0 Å². The topological polar surface area (TPSA) is 34.9 Å². The molecule has 2 heterocycles. The van der Waals surface area contributed by atoms with Crippen LogP contribution in [0.3, 0.4) is 0 Å². The number of nitrogens with zero attached hydrogens (tertiary/aromatic N) is 2. The second kappa shape index (κ2) is 3.42. The number of fused-ring (bicyclic) bond motifs is 1. The zero-order valence-electron chi connectivity index (χ0n) is 7.70. The van der Waals surface area contributed by atoms with E-state index in [1.807, 2.05) is 13.0 Å². The van der Waals surface area contributed by atoms with E-state index in [9.17, 15) is 4.79 Å². The summed E-state index contributed by atoms with van der Waals surface area (Å²) in [6.45, 7) is 2.53. The van der Waals surface area contributed by atoms with Crippen LogP contribution in [0.15, 0.2) is 29.3 Å². The van der Waals surface area contributed by atoms with Crippen LogP contribution < -0.4 is 5.56 Å². The molecular weight excluding hydrogens is 200 g/mol. The summed E-state index contributed by atoms with van der Waals surface area (Å²) < 4.78 is 1.64. The van der Waals surface area contributed by atoms with Gasteiger partial charge in [0.2, 0.25) is 0 Å². The van der Waals surface area contributed by atoms with E-state index in [1.54, 1.807) is 23.0 Å². The number of halogens is 1. The third-order valence-corrected chi connectivity index (χ3v) is 2.44. The largest absolute Gasteiger partial charge is 0.307 e. The number of hydrogen-bond acceptors (Lipinski definition) is 2. The maximum Gasteiger partial charge on any atom is 0.269 e. The highest BCUT2D eigenvalue weighted by Gasteiger charge is 2.05. The van der Waals surface area contributed by atoms with E-state index >= 15 is 0 Å². The number of rotatable bonds is 1. The summed E-state index contributed by atoms with van der Waals surface area (Å²) in [7, 11) is 0. The van der Waals surface area contributed by atoms with Crippen LogP contribution in [0.2, 0.25) is 5.02 Å². The molecule has 3 nitrogen and oxygen atoms in total. The molecular formula is C10H9ClN2O. The van der Waals surface area contributed by atoms with Crippen molar-refractivity contribution in [1.29, 1.82) is 0 Å². The lowest BCUT2D eigenvalue weighted by Gasteiger charge is -2.07. The number of pyridine rings is 2. The van der Waals surface area contributed by atoms with Crippen LogP contribution in [0.1, 0.15) is 6.92 Å². The Kier molecular flexibility index (Phi) is 2.25. The van der Waals surface area contributed by atoms with Gasteiger partial charge in [-0.2, -0.15) is 0 Å². The second-order valence-corrected chi connectivity index (χ2v) is 3.38. The van der Waals surface area contributed by atoms with Gasteiger partial charge in [0.25, 0.3) is 5.56 Å². The van der Waals surface area contributed by atoms with Gasteiger partial charge in [-0.3, -0.25) is 9.78 Å². The molecule has 0 atom stereocenters. The van der Waals surface area contributed by atoms with E-state index < -0.39 is 0 Å². The van der Waals surface area contributed by atoms with Gasteiger partial charge in [-0.05, 0) is 19.1 Å². The summed E-state index contributed by atoms with van der Waals surface area (Å²) in [6.07, 6.45) is 3.37. The Hall–Kier alpha value is -1.35. The van der Waals surface area contributed by atoms with Gasteiger partial charge in [-0.25, -0.2) is 0 Å². The Morgan fingerprint density at radius 3 is 3.07 bits per heavy atom. The summed E-state index contributed by atoms with van der Waals surface area (Å²) in [5.74, 6) is 0. The highest BCUT2D eigenvalue weighted by Crippen LogP contribution is 2.14. The first-order chi connectivity index (χ1) is 6.74. The molecule has 0 aliphatic rings. The standard InChI is InChI=1S/C10H9ClN2O/c1-2-13-9-3-4-12-6-7(9)5-8(11)10(13)14/h3-6H,2H2,1H3. The Labute approximate surface area is 86.0 Å². The minimum absolute atomic E-state index is 0.145. The third kappa shape index (κ3) is 1.30. The molecule has 0 saturated heterocycles. The molecule has 0 aliphatic carbocycles. The van der Waals surface area contributed by atoms with Gasteiger partial charge in [-0.1, -0.05) is 11.6 Å². The number of aromatic nitrogens is 2. The van der Waals surface area contributed by atoms with Crippen molar-refractivity contribution in [2.45, 2.75) is 13.5 Å². The zero-order chi connectivity index (χ0) is 10.1. The van der Waals surface area contributed by atoms with Crippen molar-refractivity contribution in [3.05, 3.63) is 39.9 Å². The number of hydrogen-bond donors (Lipinski definition) is 0. The maximum atomic E-state index is 11.6. The molecule has 0 N–H and O–H groups in total. The van der Waals surface area contributed by atoms with Gasteiger partial charge in [0, 0.05) is 24.3 Å². The quantitative estimate of drug-likeness (QED) is 0.719. The molecule has 2 aromatic heterocycles. The first-order valence-corrected chi connectivity index (χ1v) is 4.75. The Morgan fingerprint density at radius 1 is 1.57 bits per heavy atom. The van der Waals surface area contributed by atoms with Crippen LogP contribution in [0.4, 0.5) is 0 Å². The summed E-state index contributed by atoms with van der Waals surface area (Å²) in [5.41, 5.74) is 0.727. The molecule has 0 saturated carbocycles. The van der Waals surface area contributed by atoms with E-state index in [-0.39, 0.29) is 10.6 Å². The Morgan fingerprint density at radius 2 is 2.36 bits per heavy atom. The molecule has 0 spiro atoms. The molecule has 0 aliphatic heterocycles. The predicted molar refractivity (Wildman–Crippen MR) is 56.7 cm³/mol. The van der Waals surface area contributed by atoms with E-state index in [0.29, 0.717) is 6.54 Å². The monoisotopic (exact) mass is 208 g/mol. The van der Waals surface area contributed by atoms with Crippen molar-refractivity contribution in [1.82, 2.24) is 9.55 Å². The second-order valence-electron chi connectivity index (χ2n) is 2.98. The molecule has 0 fully saturated rings. The van der Waals surface area contributed by atoms with Crippen LogP contribution >= 0.6 is 11.6 Å². The van der Waals surface area contributed by atoms with E-state index in [0.717, 1.165) is 10.9 Å². The van der Waals surface area contributed by atoms with Crippen LogP contribution in [0.5, 0.6) is 0 Å². The molecule has 2 aromatic rings. The molecule has 4 heteroatoms. The SMILES string of the molecule is CCn1c(=O)c(Cl)cc2cnccc21. The molecule has 2 rings (SSSR count). The lowest BCUT2D eigenvalue weighted by Crippen LogP contribution is -2.19. The molecule has 0 bridgehead atoms. The zero-order valence-corrected chi connectivity index (χ0v) is 8.45. The fraction of sp³-hybridized carbons (Fsp3) is 0.200. The normalized spacial score (nSPS) is 10.7. The van der Waals surface area contributed by atoms with Gasteiger partial charge in [0.1, 0.15) is 5.02 Å². The summed E-state index contributed by atoms with van der Waals surface area (Å²) >= 11 is 5.81. The molecule has 0 amide bonds. The average molecular weight is 209 g/mol. The predicted octanol–water partition coefficient (Wildman–Crippen LogP) is 2.07. The summed E-state index contributed by atoms with van der Waals surface area (Å²) in [4.78, 5) is 15.6. The lowest BCUT2D eigenvalue weighted by atomic mass is 10.2. The van der Waals surface area contributed by atoms with Gasteiger partial charge < -0.3 is 4.57 Å². The van der Waals surface area contributed by atoms with E-state index in [2.05, 4.69) is 4.98 Å². The van der Waals surface area contributed by atoms with Crippen LogP contribution in [0, 0.1) is 0 Å². The fourth-order valence-corrected chi connectivity index (χ4v) is 1.73. The van der Waals surface area contributed by atoms with Crippen molar-refractivity contribution in [2.75, 3.05) is 0 Å². The van der Waals surface area contributed by atoms with Crippen molar-refractivity contribution in [3.8, 4) is 0 Å².